The molecule has 0 atom stereocenters. The van der Waals surface area contributed by atoms with Gasteiger partial charge in [-0.05, 0) is 47.6 Å². The first-order valence-electron chi connectivity index (χ1n) is 6.52. The summed E-state index contributed by atoms with van der Waals surface area (Å²) in [5.41, 5.74) is 1.01. The van der Waals surface area contributed by atoms with Gasteiger partial charge >= 0.3 is 5.97 Å². The Morgan fingerprint density at radius 2 is 1.95 bits per heavy atom. The van der Waals surface area contributed by atoms with Crippen LogP contribution in [0.3, 0.4) is 0 Å². The van der Waals surface area contributed by atoms with Crippen molar-refractivity contribution in [2.75, 3.05) is 0 Å². The lowest BCUT2D eigenvalue weighted by molar-refractivity contribution is -0.137. The van der Waals surface area contributed by atoms with E-state index in [0.29, 0.717) is 6.42 Å². The van der Waals surface area contributed by atoms with Gasteiger partial charge in [-0.2, -0.15) is 5.10 Å². The van der Waals surface area contributed by atoms with Gasteiger partial charge in [0.1, 0.15) is 6.33 Å². The van der Waals surface area contributed by atoms with Gasteiger partial charge in [0, 0.05) is 22.1 Å². The number of halogens is 1. The van der Waals surface area contributed by atoms with Crippen LogP contribution in [0.5, 0.6) is 0 Å². The number of aryl methyl sites for hydroxylation is 1. The number of rotatable bonds is 7. The molecule has 0 saturated carbocycles. The third-order valence-electron chi connectivity index (χ3n) is 2.92. The summed E-state index contributed by atoms with van der Waals surface area (Å²) in [6.07, 6.45) is 4.50. The van der Waals surface area contributed by atoms with Gasteiger partial charge in [0.05, 0.1) is 0 Å². The number of nitrogens with zero attached hydrogens (tertiary/aromatic N) is 3. The Morgan fingerprint density at radius 1 is 1.20 bits per heavy atom. The Kier molecular flexibility index (Phi) is 5.51. The molecule has 1 aromatic carbocycles. The molecule has 1 heterocycles. The van der Waals surface area contributed by atoms with Gasteiger partial charge < -0.3 is 5.11 Å². The van der Waals surface area contributed by atoms with Gasteiger partial charge in [0.2, 0.25) is 0 Å². The molecule has 0 amide bonds. The summed E-state index contributed by atoms with van der Waals surface area (Å²) in [5.74, 6) is -0.00121. The second-order valence-corrected chi connectivity index (χ2v) is 5.79. The largest absolute Gasteiger partial charge is 0.481 e. The maximum Gasteiger partial charge on any atom is 0.303 e. The zero-order chi connectivity index (χ0) is 14.4. The molecule has 1 N–H and O–H groups in total. The van der Waals surface area contributed by atoms with Crippen molar-refractivity contribution < 1.29 is 9.90 Å². The smallest absolute Gasteiger partial charge is 0.303 e. The molecule has 0 aliphatic heterocycles. The van der Waals surface area contributed by atoms with E-state index in [-0.39, 0.29) is 6.42 Å². The van der Waals surface area contributed by atoms with E-state index in [9.17, 15) is 4.79 Å². The molecule has 1 aromatic heterocycles. The van der Waals surface area contributed by atoms with Crippen LogP contribution in [0, 0.1) is 3.57 Å². The average molecular weight is 385 g/mol. The molecule has 0 fully saturated rings. The molecule has 106 valence electrons. The number of hydrogen-bond acceptors (Lipinski definition) is 3. The van der Waals surface area contributed by atoms with Crippen LogP contribution < -0.4 is 0 Å². The first kappa shape index (κ1) is 15.0. The fraction of sp³-hybridized carbons (Fsp3) is 0.357. The van der Waals surface area contributed by atoms with Crippen molar-refractivity contribution >= 4 is 28.6 Å². The van der Waals surface area contributed by atoms with E-state index in [1.54, 1.807) is 6.33 Å². The molecular formula is C14H16IN3O2. The molecule has 6 heteroatoms. The molecule has 2 rings (SSSR count). The Balaban J connectivity index is 1.83. The van der Waals surface area contributed by atoms with Gasteiger partial charge in [-0.3, -0.25) is 9.48 Å². The van der Waals surface area contributed by atoms with Crippen LogP contribution in [0.4, 0.5) is 0 Å². The van der Waals surface area contributed by atoms with Crippen molar-refractivity contribution in [2.24, 2.45) is 0 Å². The lowest BCUT2D eigenvalue weighted by atomic mass is 10.2. The third kappa shape index (κ3) is 4.59. The number of unbranched alkanes of at least 4 members (excludes halogenated alkanes) is 2. The van der Waals surface area contributed by atoms with Crippen molar-refractivity contribution in [3.05, 3.63) is 34.2 Å². The number of hydrogen-bond donors (Lipinski definition) is 1. The minimum absolute atomic E-state index is 0.241. The molecule has 5 nitrogen and oxygen atoms in total. The third-order valence-corrected chi connectivity index (χ3v) is 3.64. The van der Waals surface area contributed by atoms with E-state index in [1.165, 1.54) is 3.57 Å². The number of carboxylic acids is 1. The minimum Gasteiger partial charge on any atom is -0.481 e. The normalized spacial score (nSPS) is 10.7. The van der Waals surface area contributed by atoms with Crippen molar-refractivity contribution in [3.8, 4) is 11.4 Å². The topological polar surface area (TPSA) is 68.0 Å². The quantitative estimate of drug-likeness (QED) is 0.587. The van der Waals surface area contributed by atoms with E-state index in [1.807, 2.05) is 28.9 Å². The van der Waals surface area contributed by atoms with Gasteiger partial charge in [0.15, 0.2) is 5.82 Å². The molecule has 0 aliphatic rings. The Morgan fingerprint density at radius 3 is 2.65 bits per heavy atom. The maximum atomic E-state index is 10.4. The van der Waals surface area contributed by atoms with Crippen molar-refractivity contribution in [2.45, 2.75) is 32.2 Å². The number of carboxylic acid groups (broad SMARTS) is 1. The van der Waals surface area contributed by atoms with Gasteiger partial charge in [-0.15, -0.1) is 0 Å². The van der Waals surface area contributed by atoms with Crippen LogP contribution in [-0.2, 0) is 11.3 Å². The summed E-state index contributed by atoms with van der Waals surface area (Å²) >= 11 is 2.26. The van der Waals surface area contributed by atoms with Crippen LogP contribution in [0.15, 0.2) is 30.6 Å². The average Bonchev–Trinajstić information content (AvgIpc) is 2.87. The zero-order valence-corrected chi connectivity index (χ0v) is 13.2. The van der Waals surface area contributed by atoms with Gasteiger partial charge in [-0.25, -0.2) is 4.98 Å². The molecule has 0 bridgehead atoms. The van der Waals surface area contributed by atoms with Gasteiger partial charge in [0.25, 0.3) is 0 Å². The molecule has 0 unspecified atom stereocenters. The van der Waals surface area contributed by atoms with Crippen LogP contribution in [0.25, 0.3) is 11.4 Å². The van der Waals surface area contributed by atoms with Crippen molar-refractivity contribution in [1.82, 2.24) is 14.8 Å². The van der Waals surface area contributed by atoms with E-state index in [2.05, 4.69) is 32.7 Å². The molecule has 0 saturated heterocycles. The van der Waals surface area contributed by atoms with E-state index >= 15 is 0 Å². The highest BCUT2D eigenvalue weighted by Gasteiger charge is 2.04. The Labute approximate surface area is 131 Å². The molecule has 20 heavy (non-hydrogen) atoms. The van der Waals surface area contributed by atoms with E-state index in [0.717, 1.165) is 30.8 Å². The SMILES string of the molecule is O=C(O)CCCCCn1cnc(-c2ccc(I)cc2)n1. The lowest BCUT2D eigenvalue weighted by Crippen LogP contribution is -2.00. The lowest BCUT2D eigenvalue weighted by Gasteiger charge is -2.00. The van der Waals surface area contributed by atoms with Gasteiger partial charge in [-0.1, -0.05) is 18.6 Å². The van der Waals surface area contributed by atoms with E-state index < -0.39 is 5.97 Å². The van der Waals surface area contributed by atoms with Crippen LogP contribution in [-0.4, -0.2) is 25.8 Å². The highest BCUT2D eigenvalue weighted by Crippen LogP contribution is 2.16. The molecule has 0 aliphatic carbocycles. The summed E-state index contributed by atoms with van der Waals surface area (Å²) in [4.78, 5) is 14.7. The summed E-state index contributed by atoms with van der Waals surface area (Å²) in [6, 6.07) is 8.08. The number of carbonyl (C=O) groups is 1. The number of aliphatic carboxylic acids is 1. The summed E-state index contributed by atoms with van der Waals surface area (Å²) in [6.45, 7) is 0.775. The number of benzene rings is 1. The second-order valence-electron chi connectivity index (χ2n) is 4.54. The van der Waals surface area contributed by atoms with E-state index in [4.69, 9.17) is 5.11 Å². The van der Waals surface area contributed by atoms with Crippen LogP contribution in [0.1, 0.15) is 25.7 Å². The van der Waals surface area contributed by atoms with Crippen LogP contribution in [0.2, 0.25) is 0 Å². The second kappa shape index (κ2) is 7.37. The molecular weight excluding hydrogens is 369 g/mol. The molecule has 0 spiro atoms. The number of aromatic nitrogens is 3. The monoisotopic (exact) mass is 385 g/mol. The zero-order valence-electron chi connectivity index (χ0n) is 11.0. The predicted octanol–water partition coefficient (Wildman–Crippen LogP) is 3.19. The fourth-order valence-electron chi connectivity index (χ4n) is 1.86. The molecule has 2 aromatic rings. The summed E-state index contributed by atoms with van der Waals surface area (Å²) < 4.78 is 3.00. The van der Waals surface area contributed by atoms with Crippen molar-refractivity contribution in [1.29, 1.82) is 0 Å². The Hall–Kier alpha value is -1.44. The van der Waals surface area contributed by atoms with Crippen LogP contribution >= 0.6 is 22.6 Å². The summed E-state index contributed by atoms with van der Waals surface area (Å²) in [5, 5.41) is 13.0. The first-order valence-corrected chi connectivity index (χ1v) is 7.60. The molecule has 0 radical (unpaired) electrons. The minimum atomic E-state index is -0.730. The maximum absolute atomic E-state index is 10.4. The summed E-state index contributed by atoms with van der Waals surface area (Å²) in [7, 11) is 0. The first-order chi connectivity index (χ1) is 9.65. The van der Waals surface area contributed by atoms with Crippen molar-refractivity contribution in [3.63, 3.8) is 0 Å². The predicted molar refractivity (Wildman–Crippen MR) is 84.3 cm³/mol. The fourth-order valence-corrected chi connectivity index (χ4v) is 2.22. The standard InChI is InChI=1S/C14H16IN3O2/c15-12-7-5-11(6-8-12)14-16-10-18(17-14)9-3-1-2-4-13(19)20/h5-8,10H,1-4,9H2,(H,19,20). The Bertz CT molecular complexity index is 566. The highest BCUT2D eigenvalue weighted by molar-refractivity contribution is 14.1. The highest BCUT2D eigenvalue weighted by atomic mass is 127.